The maximum absolute atomic E-state index is 11.3. The molecule has 0 heterocycles. The van der Waals surface area contributed by atoms with Gasteiger partial charge < -0.3 is 10.6 Å². The molecule has 0 spiro atoms. The van der Waals surface area contributed by atoms with Crippen LogP contribution in [0.25, 0.3) is 0 Å². The average molecular weight is 198 g/mol. The van der Waals surface area contributed by atoms with E-state index in [0.717, 1.165) is 18.9 Å². The van der Waals surface area contributed by atoms with E-state index in [1.165, 1.54) is 25.7 Å². The van der Waals surface area contributed by atoms with Gasteiger partial charge in [-0.25, -0.2) is 4.79 Å². The fourth-order valence-corrected chi connectivity index (χ4v) is 1.42. The normalized spacial score (nSPS) is 17.6. The maximum Gasteiger partial charge on any atom is 0.315 e. The topological polar surface area (TPSA) is 41.1 Å². The molecule has 0 aromatic heterocycles. The van der Waals surface area contributed by atoms with Crippen LogP contribution in [0.15, 0.2) is 0 Å². The SMILES string of the molecule is CCCCC(C)NC(=O)NCC1CC1. The molecule has 2 amide bonds. The zero-order valence-electron chi connectivity index (χ0n) is 9.31. The van der Waals surface area contributed by atoms with Crippen molar-refractivity contribution in [3.8, 4) is 0 Å². The van der Waals surface area contributed by atoms with Crippen molar-refractivity contribution in [1.29, 1.82) is 0 Å². The van der Waals surface area contributed by atoms with Crippen molar-refractivity contribution in [3.05, 3.63) is 0 Å². The lowest BCUT2D eigenvalue weighted by Gasteiger charge is -2.13. The number of amides is 2. The summed E-state index contributed by atoms with van der Waals surface area (Å²) in [6.07, 6.45) is 6.02. The van der Waals surface area contributed by atoms with Crippen molar-refractivity contribution in [3.63, 3.8) is 0 Å². The first-order chi connectivity index (χ1) is 6.72. The lowest BCUT2D eigenvalue weighted by molar-refractivity contribution is 0.236. The third-order valence-electron chi connectivity index (χ3n) is 2.62. The van der Waals surface area contributed by atoms with Gasteiger partial charge in [0.15, 0.2) is 0 Å². The molecule has 14 heavy (non-hydrogen) atoms. The third kappa shape index (κ3) is 5.10. The first-order valence-corrected chi connectivity index (χ1v) is 5.76. The Hall–Kier alpha value is -0.730. The molecule has 0 bridgehead atoms. The van der Waals surface area contributed by atoms with Crippen molar-refractivity contribution in [2.24, 2.45) is 5.92 Å². The summed E-state index contributed by atoms with van der Waals surface area (Å²) in [4.78, 5) is 11.3. The number of urea groups is 1. The van der Waals surface area contributed by atoms with Gasteiger partial charge in [-0.05, 0) is 32.1 Å². The van der Waals surface area contributed by atoms with Crippen molar-refractivity contribution in [2.75, 3.05) is 6.54 Å². The van der Waals surface area contributed by atoms with Crippen molar-refractivity contribution in [2.45, 2.75) is 52.0 Å². The minimum atomic E-state index is 0.000466. The minimum Gasteiger partial charge on any atom is -0.338 e. The molecule has 3 heteroatoms. The highest BCUT2D eigenvalue weighted by atomic mass is 16.2. The number of hydrogen-bond acceptors (Lipinski definition) is 1. The Labute approximate surface area is 86.6 Å². The van der Waals surface area contributed by atoms with E-state index in [4.69, 9.17) is 0 Å². The lowest BCUT2D eigenvalue weighted by atomic mass is 10.1. The van der Waals surface area contributed by atoms with Crippen molar-refractivity contribution >= 4 is 6.03 Å². The lowest BCUT2D eigenvalue weighted by Crippen LogP contribution is -2.41. The van der Waals surface area contributed by atoms with E-state index >= 15 is 0 Å². The molecule has 1 aliphatic rings. The summed E-state index contributed by atoms with van der Waals surface area (Å²) in [7, 11) is 0. The number of hydrogen-bond donors (Lipinski definition) is 2. The molecule has 0 radical (unpaired) electrons. The van der Waals surface area contributed by atoms with Crippen LogP contribution >= 0.6 is 0 Å². The first kappa shape index (κ1) is 11.3. The molecule has 2 N–H and O–H groups in total. The van der Waals surface area contributed by atoms with Crippen LogP contribution in [0, 0.1) is 5.92 Å². The summed E-state index contributed by atoms with van der Waals surface area (Å²) >= 11 is 0. The molecule has 1 aliphatic carbocycles. The average Bonchev–Trinajstić information content (AvgIpc) is 2.95. The Bertz CT molecular complexity index is 178. The van der Waals surface area contributed by atoms with E-state index in [1.54, 1.807) is 0 Å². The smallest absolute Gasteiger partial charge is 0.315 e. The summed E-state index contributed by atoms with van der Waals surface area (Å²) in [6, 6.07) is 0.301. The minimum absolute atomic E-state index is 0.000466. The first-order valence-electron chi connectivity index (χ1n) is 5.76. The van der Waals surface area contributed by atoms with E-state index in [9.17, 15) is 4.79 Å². The van der Waals surface area contributed by atoms with Gasteiger partial charge in [0.25, 0.3) is 0 Å². The van der Waals surface area contributed by atoms with E-state index < -0.39 is 0 Å². The standard InChI is InChI=1S/C11H22N2O/c1-3-4-5-9(2)13-11(14)12-8-10-6-7-10/h9-10H,3-8H2,1-2H3,(H2,12,13,14). The van der Waals surface area contributed by atoms with Crippen LogP contribution in [0.2, 0.25) is 0 Å². The molecule has 0 aromatic rings. The van der Waals surface area contributed by atoms with Crippen LogP contribution in [-0.2, 0) is 0 Å². The number of rotatable bonds is 6. The zero-order valence-corrected chi connectivity index (χ0v) is 9.31. The molecule has 1 rings (SSSR count). The second-order valence-electron chi connectivity index (χ2n) is 4.34. The van der Waals surface area contributed by atoms with Crippen LogP contribution in [0.3, 0.4) is 0 Å². The Morgan fingerprint density at radius 3 is 2.79 bits per heavy atom. The Morgan fingerprint density at radius 2 is 2.21 bits per heavy atom. The van der Waals surface area contributed by atoms with Crippen LogP contribution in [-0.4, -0.2) is 18.6 Å². The Balaban J connectivity index is 1.99. The quantitative estimate of drug-likeness (QED) is 0.675. The third-order valence-corrected chi connectivity index (χ3v) is 2.62. The summed E-state index contributed by atoms with van der Waals surface area (Å²) in [6.45, 7) is 5.08. The molecular formula is C11H22N2O. The Kier molecular flexibility index (Phi) is 4.77. The molecule has 0 aliphatic heterocycles. The number of carbonyl (C=O) groups excluding carboxylic acids is 1. The highest BCUT2D eigenvalue weighted by Gasteiger charge is 2.21. The van der Waals surface area contributed by atoms with Gasteiger partial charge in [0.05, 0.1) is 0 Å². The zero-order chi connectivity index (χ0) is 10.4. The molecule has 1 fully saturated rings. The van der Waals surface area contributed by atoms with Gasteiger partial charge in [-0.1, -0.05) is 19.8 Å². The molecule has 1 atom stereocenters. The summed E-state index contributed by atoms with van der Waals surface area (Å²) in [5.41, 5.74) is 0. The fraction of sp³-hybridized carbons (Fsp3) is 0.909. The van der Waals surface area contributed by atoms with E-state index in [-0.39, 0.29) is 6.03 Å². The predicted octanol–water partition coefficient (Wildman–Crippen LogP) is 2.27. The van der Waals surface area contributed by atoms with Gasteiger partial charge in [-0.15, -0.1) is 0 Å². The van der Waals surface area contributed by atoms with Crippen LogP contribution in [0.5, 0.6) is 0 Å². The Morgan fingerprint density at radius 1 is 1.50 bits per heavy atom. The molecular weight excluding hydrogens is 176 g/mol. The van der Waals surface area contributed by atoms with Gasteiger partial charge in [0.1, 0.15) is 0 Å². The van der Waals surface area contributed by atoms with Gasteiger partial charge >= 0.3 is 6.03 Å². The van der Waals surface area contributed by atoms with Crippen LogP contribution in [0.1, 0.15) is 46.0 Å². The molecule has 3 nitrogen and oxygen atoms in total. The van der Waals surface area contributed by atoms with E-state index in [2.05, 4.69) is 24.5 Å². The molecule has 1 unspecified atom stereocenters. The van der Waals surface area contributed by atoms with Gasteiger partial charge in [0.2, 0.25) is 0 Å². The van der Waals surface area contributed by atoms with E-state index in [1.807, 2.05) is 0 Å². The van der Waals surface area contributed by atoms with E-state index in [0.29, 0.717) is 6.04 Å². The summed E-state index contributed by atoms with van der Waals surface area (Å²) in [5, 5.41) is 5.85. The largest absolute Gasteiger partial charge is 0.338 e. The second kappa shape index (κ2) is 5.89. The van der Waals surface area contributed by atoms with Crippen LogP contribution < -0.4 is 10.6 Å². The summed E-state index contributed by atoms with van der Waals surface area (Å²) in [5.74, 6) is 0.756. The number of carbonyl (C=O) groups is 1. The molecule has 82 valence electrons. The maximum atomic E-state index is 11.3. The van der Waals surface area contributed by atoms with Gasteiger partial charge in [0, 0.05) is 12.6 Å². The summed E-state index contributed by atoms with van der Waals surface area (Å²) < 4.78 is 0. The van der Waals surface area contributed by atoms with Gasteiger partial charge in [-0.2, -0.15) is 0 Å². The molecule has 1 saturated carbocycles. The number of unbranched alkanes of at least 4 members (excludes halogenated alkanes) is 1. The highest BCUT2D eigenvalue weighted by molar-refractivity contribution is 5.74. The predicted molar refractivity (Wildman–Crippen MR) is 58.2 cm³/mol. The second-order valence-corrected chi connectivity index (χ2v) is 4.34. The highest BCUT2D eigenvalue weighted by Crippen LogP contribution is 2.27. The van der Waals surface area contributed by atoms with Crippen molar-refractivity contribution < 1.29 is 4.79 Å². The number of nitrogens with one attached hydrogen (secondary N) is 2. The molecule has 0 aromatic carbocycles. The van der Waals surface area contributed by atoms with Crippen molar-refractivity contribution in [1.82, 2.24) is 10.6 Å². The molecule has 0 saturated heterocycles. The monoisotopic (exact) mass is 198 g/mol. The fourth-order valence-electron chi connectivity index (χ4n) is 1.42. The van der Waals surface area contributed by atoms with Crippen LogP contribution in [0.4, 0.5) is 4.79 Å². The van der Waals surface area contributed by atoms with Gasteiger partial charge in [-0.3, -0.25) is 0 Å².